The molecule has 0 amide bonds. The third-order valence-corrected chi connectivity index (χ3v) is 3.76. The lowest BCUT2D eigenvalue weighted by Gasteiger charge is -2.13. The fraction of sp³-hybridized carbons (Fsp3) is 0.500. The van der Waals surface area contributed by atoms with E-state index < -0.39 is 0 Å². The molecule has 0 aromatic heterocycles. The van der Waals surface area contributed by atoms with Crippen molar-refractivity contribution in [3.63, 3.8) is 0 Å². The molecule has 150 valence electrons. The molecule has 0 atom stereocenters. The summed E-state index contributed by atoms with van der Waals surface area (Å²) in [6.45, 7) is 16.8. The van der Waals surface area contributed by atoms with Crippen LogP contribution in [-0.4, -0.2) is 0 Å². The summed E-state index contributed by atoms with van der Waals surface area (Å²) in [7, 11) is 0. The zero-order valence-corrected chi connectivity index (χ0v) is 16.8. The van der Waals surface area contributed by atoms with Gasteiger partial charge in [-0.25, -0.2) is 0 Å². The van der Waals surface area contributed by atoms with Crippen LogP contribution in [0.15, 0.2) is 36.4 Å². The summed E-state index contributed by atoms with van der Waals surface area (Å²) in [5.41, 5.74) is 18.6. The smallest absolute Gasteiger partial charge is 0.0354 e. The highest BCUT2D eigenvalue weighted by Gasteiger charge is 2.07. The highest BCUT2D eigenvalue weighted by Crippen LogP contribution is 2.26. The molecule has 0 heterocycles. The van der Waals surface area contributed by atoms with Crippen molar-refractivity contribution in [2.24, 2.45) is 0 Å². The predicted molar refractivity (Wildman–Crippen MR) is 124 cm³/mol. The standard InChI is InChI=1S/C11H17N.C9H13N.C2H6.2CH4/c1-7(2)11-9(4)5-8(3)6-10(11)12;1-7(2)8-5-3-4-6-9(8)10;1-2;;/h5-7H,12H2,1-4H3;3-7H,10H2,1-2H3;1-2H3;2*1H4. The Morgan fingerprint density at radius 1 is 0.731 bits per heavy atom. The van der Waals surface area contributed by atoms with E-state index in [0.29, 0.717) is 11.8 Å². The first-order valence-corrected chi connectivity index (χ1v) is 8.95. The van der Waals surface area contributed by atoms with E-state index in [0.717, 1.165) is 11.4 Å². The van der Waals surface area contributed by atoms with Gasteiger partial charge in [0.05, 0.1) is 0 Å². The maximum atomic E-state index is 5.92. The molecule has 2 heteroatoms. The molecule has 0 bridgehead atoms. The van der Waals surface area contributed by atoms with Gasteiger partial charge in [0.2, 0.25) is 0 Å². The number of rotatable bonds is 2. The van der Waals surface area contributed by atoms with Gasteiger partial charge < -0.3 is 11.5 Å². The molecule has 26 heavy (non-hydrogen) atoms. The van der Waals surface area contributed by atoms with Crippen molar-refractivity contribution in [1.82, 2.24) is 0 Å². The van der Waals surface area contributed by atoms with Crippen LogP contribution >= 0.6 is 0 Å². The highest BCUT2D eigenvalue weighted by molar-refractivity contribution is 5.54. The first-order chi connectivity index (χ1) is 11.2. The minimum Gasteiger partial charge on any atom is -0.398 e. The van der Waals surface area contributed by atoms with Gasteiger partial charge in [-0.2, -0.15) is 0 Å². The maximum Gasteiger partial charge on any atom is 0.0354 e. The Morgan fingerprint density at radius 2 is 1.23 bits per heavy atom. The molecule has 0 aliphatic rings. The second-order valence-corrected chi connectivity index (χ2v) is 6.52. The average Bonchev–Trinajstić information content (AvgIpc) is 2.48. The topological polar surface area (TPSA) is 52.0 Å². The molecule has 0 saturated carbocycles. The summed E-state index contributed by atoms with van der Waals surface area (Å²) in [5.74, 6) is 1.05. The lowest BCUT2D eigenvalue weighted by molar-refractivity contribution is 0.859. The summed E-state index contributed by atoms with van der Waals surface area (Å²) in [4.78, 5) is 0. The van der Waals surface area contributed by atoms with E-state index in [2.05, 4.69) is 53.7 Å². The van der Waals surface area contributed by atoms with Crippen molar-refractivity contribution in [2.75, 3.05) is 11.5 Å². The second-order valence-electron chi connectivity index (χ2n) is 6.52. The van der Waals surface area contributed by atoms with Crippen LogP contribution < -0.4 is 11.5 Å². The minimum atomic E-state index is 0. The van der Waals surface area contributed by atoms with Crippen LogP contribution in [0.25, 0.3) is 0 Å². The molecule has 2 nitrogen and oxygen atoms in total. The Hall–Kier alpha value is -1.96. The minimum absolute atomic E-state index is 0. The molecule has 4 N–H and O–H groups in total. The van der Waals surface area contributed by atoms with Crippen LogP contribution in [-0.2, 0) is 0 Å². The summed E-state index contributed by atoms with van der Waals surface area (Å²) in [6.07, 6.45) is 0. The van der Waals surface area contributed by atoms with Crippen LogP contribution in [0.4, 0.5) is 11.4 Å². The van der Waals surface area contributed by atoms with E-state index in [1.807, 2.05) is 38.1 Å². The highest BCUT2D eigenvalue weighted by atomic mass is 14.6. The lowest BCUT2D eigenvalue weighted by atomic mass is 9.94. The van der Waals surface area contributed by atoms with Gasteiger partial charge in [0, 0.05) is 11.4 Å². The number of benzene rings is 2. The molecule has 2 rings (SSSR count). The summed E-state index contributed by atoms with van der Waals surface area (Å²) in [6, 6.07) is 12.2. The molecule has 0 spiro atoms. The Balaban J connectivity index is -0.000000350. The first kappa shape index (κ1) is 28.8. The summed E-state index contributed by atoms with van der Waals surface area (Å²) >= 11 is 0. The van der Waals surface area contributed by atoms with Crippen molar-refractivity contribution in [3.8, 4) is 0 Å². The van der Waals surface area contributed by atoms with Gasteiger partial charge in [-0.05, 0) is 60.1 Å². The van der Waals surface area contributed by atoms with Crippen molar-refractivity contribution < 1.29 is 0 Å². The zero-order valence-electron chi connectivity index (χ0n) is 16.8. The molecule has 2 aromatic rings. The van der Waals surface area contributed by atoms with Gasteiger partial charge in [0.25, 0.3) is 0 Å². The van der Waals surface area contributed by atoms with Crippen molar-refractivity contribution >= 4 is 11.4 Å². The number of hydrogen-bond donors (Lipinski definition) is 2. The molecular formula is C24H44N2. The number of hydrogen-bond acceptors (Lipinski definition) is 2. The molecule has 0 aliphatic carbocycles. The lowest BCUT2D eigenvalue weighted by Crippen LogP contribution is -2.00. The molecular weight excluding hydrogens is 316 g/mol. The number of aryl methyl sites for hydroxylation is 2. The summed E-state index contributed by atoms with van der Waals surface area (Å²) in [5, 5.41) is 0. The van der Waals surface area contributed by atoms with Gasteiger partial charge in [-0.15, -0.1) is 0 Å². The van der Waals surface area contributed by atoms with E-state index in [9.17, 15) is 0 Å². The number of anilines is 2. The molecule has 2 aromatic carbocycles. The van der Waals surface area contributed by atoms with E-state index in [4.69, 9.17) is 11.5 Å². The Labute approximate surface area is 164 Å². The van der Waals surface area contributed by atoms with E-state index >= 15 is 0 Å². The van der Waals surface area contributed by atoms with Gasteiger partial charge in [0.1, 0.15) is 0 Å². The molecule has 0 saturated heterocycles. The van der Waals surface area contributed by atoms with Crippen LogP contribution in [0.1, 0.15) is 90.5 Å². The van der Waals surface area contributed by atoms with Crippen molar-refractivity contribution in [3.05, 3.63) is 58.7 Å². The molecule has 0 fully saturated rings. The SMILES string of the molecule is C.C.CC.CC(C)c1ccccc1N.Cc1cc(C)c(C(C)C)c(N)c1. The van der Waals surface area contributed by atoms with E-state index in [-0.39, 0.29) is 14.9 Å². The molecule has 0 unspecified atom stereocenters. The van der Waals surface area contributed by atoms with Crippen LogP contribution in [0.5, 0.6) is 0 Å². The van der Waals surface area contributed by atoms with Crippen molar-refractivity contribution in [2.45, 2.75) is 82.1 Å². The van der Waals surface area contributed by atoms with Crippen LogP contribution in [0.3, 0.4) is 0 Å². The molecule has 0 aliphatic heterocycles. The monoisotopic (exact) mass is 360 g/mol. The van der Waals surface area contributed by atoms with E-state index in [1.54, 1.807) is 0 Å². The average molecular weight is 361 g/mol. The van der Waals surface area contributed by atoms with Crippen LogP contribution in [0, 0.1) is 13.8 Å². The predicted octanol–water partition coefficient (Wildman–Crippen LogP) is 7.70. The summed E-state index contributed by atoms with van der Waals surface area (Å²) < 4.78 is 0. The van der Waals surface area contributed by atoms with Gasteiger partial charge in [0.15, 0.2) is 0 Å². The molecule has 0 radical (unpaired) electrons. The Morgan fingerprint density at radius 3 is 1.58 bits per heavy atom. The van der Waals surface area contributed by atoms with Crippen molar-refractivity contribution in [1.29, 1.82) is 0 Å². The van der Waals surface area contributed by atoms with E-state index in [1.165, 1.54) is 22.3 Å². The second kappa shape index (κ2) is 14.2. The Bertz CT molecular complexity index is 590. The fourth-order valence-corrected chi connectivity index (χ4v) is 2.84. The van der Waals surface area contributed by atoms with Gasteiger partial charge in [-0.1, -0.05) is 80.7 Å². The largest absolute Gasteiger partial charge is 0.398 e. The number of nitrogens with two attached hydrogens (primary N) is 2. The number of para-hydroxylation sites is 1. The van der Waals surface area contributed by atoms with Gasteiger partial charge >= 0.3 is 0 Å². The van der Waals surface area contributed by atoms with Crippen LogP contribution in [0.2, 0.25) is 0 Å². The zero-order chi connectivity index (χ0) is 18.9. The normalized spacial score (nSPS) is 9.15. The fourth-order valence-electron chi connectivity index (χ4n) is 2.84. The van der Waals surface area contributed by atoms with Gasteiger partial charge in [-0.3, -0.25) is 0 Å². The third-order valence-electron chi connectivity index (χ3n) is 3.76. The third kappa shape index (κ3) is 8.94. The first-order valence-electron chi connectivity index (χ1n) is 8.95. The maximum absolute atomic E-state index is 5.92. The Kier molecular flexibility index (Phi) is 15.8. The number of nitrogen functional groups attached to an aromatic ring is 2. The quantitative estimate of drug-likeness (QED) is 0.539.